The molecule has 2 aromatic heterocycles. The van der Waals surface area contributed by atoms with Crippen LogP contribution >= 0.6 is 0 Å². The van der Waals surface area contributed by atoms with Gasteiger partial charge in [-0.15, -0.1) is 0 Å². The number of fused-ring (bicyclic) bond motifs is 1. The van der Waals surface area contributed by atoms with E-state index in [4.69, 9.17) is 0 Å². The molecule has 0 bridgehead atoms. The maximum atomic E-state index is 13.1. The highest BCUT2D eigenvalue weighted by molar-refractivity contribution is 5.89. The molecule has 0 spiro atoms. The number of piperidine rings is 1. The van der Waals surface area contributed by atoms with Crippen molar-refractivity contribution < 1.29 is 13.2 Å². The molecule has 0 aliphatic carbocycles. The van der Waals surface area contributed by atoms with Crippen LogP contribution in [0.3, 0.4) is 0 Å². The van der Waals surface area contributed by atoms with Gasteiger partial charge in [0, 0.05) is 30.2 Å². The lowest BCUT2D eigenvalue weighted by molar-refractivity contribution is -0.141. The molecule has 1 saturated heterocycles. The summed E-state index contributed by atoms with van der Waals surface area (Å²) >= 11 is 0. The monoisotopic (exact) mass is 354 g/mol. The largest absolute Gasteiger partial charge is 0.433 e. The molecule has 1 aliphatic heterocycles. The highest BCUT2D eigenvalue weighted by Gasteiger charge is 2.33. The minimum absolute atomic E-state index is 0.0758. The van der Waals surface area contributed by atoms with E-state index in [1.807, 2.05) is 13.8 Å². The topological polar surface area (TPSA) is 74.8 Å². The lowest BCUT2D eigenvalue weighted by atomic mass is 10.1. The van der Waals surface area contributed by atoms with Crippen LogP contribution in [-0.2, 0) is 6.18 Å². The predicted molar refractivity (Wildman–Crippen MR) is 90.6 cm³/mol. The molecule has 3 heterocycles. The van der Waals surface area contributed by atoms with Crippen molar-refractivity contribution in [3.8, 4) is 0 Å². The number of nitrogens with one attached hydrogen (secondary N) is 3. The Labute approximate surface area is 143 Å². The third-order valence-corrected chi connectivity index (χ3v) is 3.91. The van der Waals surface area contributed by atoms with Crippen molar-refractivity contribution >= 4 is 22.7 Å². The van der Waals surface area contributed by atoms with Gasteiger partial charge in [0.1, 0.15) is 11.2 Å². The minimum Gasteiger partial charge on any atom is -0.366 e. The van der Waals surface area contributed by atoms with Gasteiger partial charge in [0.25, 0.3) is 0 Å². The van der Waals surface area contributed by atoms with Crippen LogP contribution in [0.1, 0.15) is 32.4 Å². The third-order valence-electron chi connectivity index (χ3n) is 3.91. The second-order valence-corrected chi connectivity index (χ2v) is 6.47. The Morgan fingerprint density at radius 1 is 1.28 bits per heavy atom. The first-order valence-electron chi connectivity index (χ1n) is 8.31. The fourth-order valence-corrected chi connectivity index (χ4v) is 2.79. The quantitative estimate of drug-likeness (QED) is 0.784. The number of halogens is 3. The minimum atomic E-state index is -4.52. The predicted octanol–water partition coefficient (Wildman–Crippen LogP) is 3.03. The normalized spacial score (nSPS) is 18.6. The molecule has 3 rings (SSSR count). The van der Waals surface area contributed by atoms with E-state index in [-0.39, 0.29) is 17.9 Å². The SMILES string of the molecule is CC(C)Nc1nc(C(F)(F)F)cc2cnc(N[C@H]3CCCNC3)nc12. The number of pyridine rings is 1. The number of hydrogen-bond donors (Lipinski definition) is 3. The first-order chi connectivity index (χ1) is 11.8. The zero-order valence-corrected chi connectivity index (χ0v) is 14.1. The summed E-state index contributed by atoms with van der Waals surface area (Å²) in [4.78, 5) is 12.3. The molecule has 2 aromatic rings. The Kier molecular flexibility index (Phi) is 4.94. The van der Waals surface area contributed by atoms with Crippen molar-refractivity contribution in [1.82, 2.24) is 20.3 Å². The Balaban J connectivity index is 1.98. The zero-order chi connectivity index (χ0) is 18.0. The van der Waals surface area contributed by atoms with Crippen molar-refractivity contribution in [2.45, 2.75) is 44.9 Å². The molecule has 0 radical (unpaired) electrons. The number of anilines is 2. The van der Waals surface area contributed by atoms with Crippen LogP contribution in [0.15, 0.2) is 12.3 Å². The Bertz CT molecular complexity index is 740. The average Bonchev–Trinajstić information content (AvgIpc) is 2.54. The fourth-order valence-electron chi connectivity index (χ4n) is 2.79. The van der Waals surface area contributed by atoms with Crippen LogP contribution in [-0.4, -0.2) is 40.1 Å². The number of hydrogen-bond acceptors (Lipinski definition) is 6. The summed E-state index contributed by atoms with van der Waals surface area (Å²) in [5, 5.41) is 9.78. The van der Waals surface area contributed by atoms with E-state index in [9.17, 15) is 13.2 Å². The third kappa shape index (κ3) is 4.28. The molecule has 0 saturated carbocycles. The summed E-state index contributed by atoms with van der Waals surface area (Å²) in [6.07, 6.45) is -1.06. The second kappa shape index (κ2) is 6.99. The van der Waals surface area contributed by atoms with Crippen LogP contribution in [0.25, 0.3) is 10.9 Å². The second-order valence-electron chi connectivity index (χ2n) is 6.47. The first-order valence-corrected chi connectivity index (χ1v) is 8.31. The van der Waals surface area contributed by atoms with Crippen molar-refractivity contribution in [2.24, 2.45) is 0 Å². The summed E-state index contributed by atoms with van der Waals surface area (Å²) < 4.78 is 39.2. The Morgan fingerprint density at radius 2 is 2.08 bits per heavy atom. The molecule has 25 heavy (non-hydrogen) atoms. The van der Waals surface area contributed by atoms with Gasteiger partial charge < -0.3 is 16.0 Å². The van der Waals surface area contributed by atoms with Gasteiger partial charge in [-0.25, -0.2) is 15.0 Å². The summed E-state index contributed by atoms with van der Waals surface area (Å²) in [7, 11) is 0. The van der Waals surface area contributed by atoms with Crippen LogP contribution in [0, 0.1) is 0 Å². The molecule has 6 nitrogen and oxygen atoms in total. The van der Waals surface area contributed by atoms with Crippen LogP contribution in [0.5, 0.6) is 0 Å². The molecule has 9 heteroatoms. The highest BCUT2D eigenvalue weighted by atomic mass is 19.4. The molecule has 0 unspecified atom stereocenters. The number of nitrogens with zero attached hydrogens (tertiary/aromatic N) is 3. The van der Waals surface area contributed by atoms with E-state index in [0.29, 0.717) is 16.9 Å². The van der Waals surface area contributed by atoms with Crippen LogP contribution in [0.2, 0.25) is 0 Å². The van der Waals surface area contributed by atoms with Crippen molar-refractivity contribution in [2.75, 3.05) is 23.7 Å². The summed E-state index contributed by atoms with van der Waals surface area (Å²) in [6.45, 7) is 5.47. The molecule has 0 aromatic carbocycles. The van der Waals surface area contributed by atoms with E-state index in [1.54, 1.807) is 0 Å². The van der Waals surface area contributed by atoms with E-state index in [2.05, 4.69) is 30.9 Å². The Morgan fingerprint density at radius 3 is 2.72 bits per heavy atom. The van der Waals surface area contributed by atoms with Gasteiger partial charge in [-0.05, 0) is 39.3 Å². The molecule has 1 aliphatic rings. The number of aromatic nitrogens is 3. The van der Waals surface area contributed by atoms with Gasteiger partial charge in [0.05, 0.1) is 0 Å². The molecule has 0 amide bonds. The van der Waals surface area contributed by atoms with E-state index >= 15 is 0 Å². The van der Waals surface area contributed by atoms with Gasteiger partial charge in [0.15, 0.2) is 5.82 Å². The van der Waals surface area contributed by atoms with Crippen molar-refractivity contribution in [3.05, 3.63) is 18.0 Å². The van der Waals surface area contributed by atoms with E-state index in [1.165, 1.54) is 6.20 Å². The molecular formula is C16H21F3N6. The average molecular weight is 354 g/mol. The standard InChI is InChI=1S/C16H21F3N6/c1-9(2)22-14-13-10(6-12(24-14)16(17,18)19)7-21-15(25-13)23-11-4-3-5-20-8-11/h6-7,9,11,20H,3-5,8H2,1-2H3,(H,22,24)(H,21,23,25)/t11-/m0/s1. The summed E-state index contributed by atoms with van der Waals surface area (Å²) in [5.74, 6) is 0.515. The summed E-state index contributed by atoms with van der Waals surface area (Å²) in [5.41, 5.74) is -0.577. The maximum Gasteiger partial charge on any atom is 0.433 e. The number of alkyl halides is 3. The lowest BCUT2D eigenvalue weighted by Crippen LogP contribution is -2.38. The van der Waals surface area contributed by atoms with Gasteiger partial charge in [-0.1, -0.05) is 0 Å². The van der Waals surface area contributed by atoms with Crippen LogP contribution < -0.4 is 16.0 Å². The van der Waals surface area contributed by atoms with Gasteiger partial charge in [0.2, 0.25) is 5.95 Å². The fraction of sp³-hybridized carbons (Fsp3) is 0.562. The van der Waals surface area contributed by atoms with Gasteiger partial charge in [-0.2, -0.15) is 13.2 Å². The zero-order valence-electron chi connectivity index (χ0n) is 14.1. The molecule has 136 valence electrons. The van der Waals surface area contributed by atoms with Crippen molar-refractivity contribution in [1.29, 1.82) is 0 Å². The maximum absolute atomic E-state index is 13.1. The first kappa shape index (κ1) is 17.7. The Hall–Kier alpha value is -2.16. The van der Waals surface area contributed by atoms with Crippen LogP contribution in [0.4, 0.5) is 24.9 Å². The highest BCUT2D eigenvalue weighted by Crippen LogP contribution is 2.32. The summed E-state index contributed by atoms with van der Waals surface area (Å²) in [6, 6.07) is 1.11. The van der Waals surface area contributed by atoms with E-state index < -0.39 is 11.9 Å². The van der Waals surface area contributed by atoms with Crippen molar-refractivity contribution in [3.63, 3.8) is 0 Å². The lowest BCUT2D eigenvalue weighted by Gasteiger charge is -2.24. The molecule has 1 atom stereocenters. The molecule has 3 N–H and O–H groups in total. The number of rotatable bonds is 4. The molecule has 1 fully saturated rings. The molecular weight excluding hydrogens is 333 g/mol. The smallest absolute Gasteiger partial charge is 0.366 e. The van der Waals surface area contributed by atoms with E-state index in [0.717, 1.165) is 32.0 Å². The van der Waals surface area contributed by atoms with Gasteiger partial charge >= 0.3 is 6.18 Å². The van der Waals surface area contributed by atoms with Gasteiger partial charge in [-0.3, -0.25) is 0 Å².